The molecule has 1 aromatic carbocycles. The molecule has 1 saturated carbocycles. The Morgan fingerprint density at radius 3 is 2.67 bits per heavy atom. The van der Waals surface area contributed by atoms with Crippen molar-refractivity contribution in [2.45, 2.75) is 31.7 Å². The Morgan fingerprint density at radius 2 is 2.06 bits per heavy atom. The lowest BCUT2D eigenvalue weighted by Gasteiger charge is -2.15. The predicted octanol–water partition coefficient (Wildman–Crippen LogP) is 3.57. The highest BCUT2D eigenvalue weighted by Crippen LogP contribution is 2.40. The first-order valence-corrected chi connectivity index (χ1v) is 6.50. The van der Waals surface area contributed by atoms with Crippen LogP contribution in [0, 0.1) is 10.6 Å². The molecule has 5 heteroatoms. The van der Waals surface area contributed by atoms with E-state index in [2.05, 4.69) is 17.1 Å². The molecule has 1 atom stereocenters. The fraction of sp³-hybridized carbons (Fsp3) is 0.385. The second-order valence-electron chi connectivity index (χ2n) is 4.76. The summed E-state index contributed by atoms with van der Waals surface area (Å²) in [5.41, 5.74) is 1.04. The van der Waals surface area contributed by atoms with Crippen molar-refractivity contribution in [3.05, 3.63) is 46.2 Å². The van der Waals surface area contributed by atoms with E-state index in [1.807, 2.05) is 4.57 Å². The van der Waals surface area contributed by atoms with Crippen LogP contribution in [-0.2, 0) is 0 Å². The Labute approximate surface area is 110 Å². The molecule has 1 aliphatic rings. The summed E-state index contributed by atoms with van der Waals surface area (Å²) in [6.07, 6.45) is 2.35. The zero-order valence-electron chi connectivity index (χ0n) is 10.1. The standard InChI is InChI=1S/C13H14FN3S/c1-8(9-4-6-11(14)7-5-9)17-12(10-2-3-10)15-16-13(17)18/h4-8,10H,2-3H2,1H3,(H,16,18). The fourth-order valence-electron chi connectivity index (χ4n) is 2.21. The third kappa shape index (κ3) is 1.99. The summed E-state index contributed by atoms with van der Waals surface area (Å²) in [5, 5.41) is 7.18. The Kier molecular flexibility index (Phi) is 2.78. The van der Waals surface area contributed by atoms with E-state index in [9.17, 15) is 4.39 Å². The molecule has 2 aromatic rings. The van der Waals surface area contributed by atoms with Gasteiger partial charge in [0.1, 0.15) is 11.6 Å². The van der Waals surface area contributed by atoms with E-state index < -0.39 is 0 Å². The van der Waals surface area contributed by atoms with Crippen molar-refractivity contribution in [3.8, 4) is 0 Å². The first-order valence-electron chi connectivity index (χ1n) is 6.09. The first-order chi connectivity index (χ1) is 8.66. The van der Waals surface area contributed by atoms with Gasteiger partial charge in [-0.15, -0.1) is 0 Å². The Bertz CT molecular complexity index is 610. The van der Waals surface area contributed by atoms with Crippen molar-refractivity contribution >= 4 is 12.2 Å². The van der Waals surface area contributed by atoms with Gasteiger partial charge in [0.05, 0.1) is 6.04 Å². The van der Waals surface area contributed by atoms with E-state index >= 15 is 0 Å². The van der Waals surface area contributed by atoms with Gasteiger partial charge in [-0.05, 0) is 49.7 Å². The molecule has 0 saturated heterocycles. The first kappa shape index (κ1) is 11.6. The van der Waals surface area contributed by atoms with E-state index in [1.165, 1.54) is 25.0 Å². The lowest BCUT2D eigenvalue weighted by atomic mass is 10.1. The molecule has 3 rings (SSSR count). The molecule has 0 aliphatic heterocycles. The summed E-state index contributed by atoms with van der Waals surface area (Å²) in [4.78, 5) is 0. The monoisotopic (exact) mass is 263 g/mol. The van der Waals surface area contributed by atoms with Crippen LogP contribution < -0.4 is 0 Å². The van der Waals surface area contributed by atoms with Crippen LogP contribution in [0.2, 0.25) is 0 Å². The number of hydrogen-bond acceptors (Lipinski definition) is 2. The lowest BCUT2D eigenvalue weighted by Crippen LogP contribution is -2.10. The molecule has 0 spiro atoms. The summed E-state index contributed by atoms with van der Waals surface area (Å²) < 4.78 is 15.6. The van der Waals surface area contributed by atoms with Gasteiger partial charge < -0.3 is 0 Å². The Balaban J connectivity index is 2.01. The van der Waals surface area contributed by atoms with Gasteiger partial charge in [0.15, 0.2) is 4.77 Å². The molecule has 1 unspecified atom stereocenters. The zero-order chi connectivity index (χ0) is 12.7. The average molecular weight is 263 g/mol. The molecular formula is C13H14FN3S. The molecule has 1 heterocycles. The summed E-state index contributed by atoms with van der Waals surface area (Å²) >= 11 is 5.29. The van der Waals surface area contributed by atoms with Crippen LogP contribution in [0.5, 0.6) is 0 Å². The molecule has 1 aromatic heterocycles. The molecule has 0 bridgehead atoms. The summed E-state index contributed by atoms with van der Waals surface area (Å²) in [6.45, 7) is 2.06. The molecular weight excluding hydrogens is 249 g/mol. The number of benzene rings is 1. The number of rotatable bonds is 3. The van der Waals surface area contributed by atoms with Gasteiger partial charge in [-0.1, -0.05) is 12.1 Å². The minimum Gasteiger partial charge on any atom is -0.297 e. The summed E-state index contributed by atoms with van der Waals surface area (Å²) in [5.74, 6) is 1.34. The number of aromatic amines is 1. The summed E-state index contributed by atoms with van der Waals surface area (Å²) in [7, 11) is 0. The van der Waals surface area contributed by atoms with Gasteiger partial charge in [0.25, 0.3) is 0 Å². The number of H-pyrrole nitrogens is 1. The van der Waals surface area contributed by atoms with E-state index in [4.69, 9.17) is 12.2 Å². The largest absolute Gasteiger partial charge is 0.297 e. The third-order valence-corrected chi connectivity index (χ3v) is 3.70. The SMILES string of the molecule is CC(c1ccc(F)cc1)n1c(C2CC2)n[nH]c1=S. The molecule has 3 nitrogen and oxygen atoms in total. The predicted molar refractivity (Wildman–Crippen MR) is 69.6 cm³/mol. The fourth-order valence-corrected chi connectivity index (χ4v) is 2.51. The maximum Gasteiger partial charge on any atom is 0.195 e. The van der Waals surface area contributed by atoms with Crippen LogP contribution in [0.1, 0.15) is 43.1 Å². The minimum absolute atomic E-state index is 0.0763. The van der Waals surface area contributed by atoms with Gasteiger partial charge in [-0.3, -0.25) is 9.67 Å². The maximum absolute atomic E-state index is 12.9. The van der Waals surface area contributed by atoms with E-state index in [0.29, 0.717) is 10.7 Å². The van der Waals surface area contributed by atoms with Gasteiger partial charge in [0.2, 0.25) is 0 Å². The van der Waals surface area contributed by atoms with Crippen LogP contribution in [-0.4, -0.2) is 14.8 Å². The van der Waals surface area contributed by atoms with Gasteiger partial charge in [-0.2, -0.15) is 5.10 Å². The highest BCUT2D eigenvalue weighted by Gasteiger charge is 2.30. The molecule has 1 N–H and O–H groups in total. The molecule has 1 fully saturated rings. The quantitative estimate of drug-likeness (QED) is 0.859. The lowest BCUT2D eigenvalue weighted by molar-refractivity contribution is 0.589. The summed E-state index contributed by atoms with van der Waals surface area (Å²) in [6, 6.07) is 6.63. The Hall–Kier alpha value is -1.49. The van der Waals surface area contributed by atoms with Crippen molar-refractivity contribution < 1.29 is 4.39 Å². The van der Waals surface area contributed by atoms with Crippen LogP contribution in [0.4, 0.5) is 4.39 Å². The second-order valence-corrected chi connectivity index (χ2v) is 5.15. The average Bonchev–Trinajstić information content (AvgIpc) is 3.13. The molecule has 0 amide bonds. The number of nitrogens with zero attached hydrogens (tertiary/aromatic N) is 2. The molecule has 0 radical (unpaired) electrons. The van der Waals surface area contributed by atoms with Crippen LogP contribution >= 0.6 is 12.2 Å². The van der Waals surface area contributed by atoms with E-state index in [0.717, 1.165) is 11.4 Å². The van der Waals surface area contributed by atoms with Gasteiger partial charge in [-0.25, -0.2) is 4.39 Å². The second kappa shape index (κ2) is 4.31. The minimum atomic E-state index is -0.218. The van der Waals surface area contributed by atoms with Gasteiger partial charge >= 0.3 is 0 Å². The normalized spacial score (nSPS) is 16.8. The molecule has 94 valence electrons. The van der Waals surface area contributed by atoms with Crippen molar-refractivity contribution in [1.29, 1.82) is 0 Å². The van der Waals surface area contributed by atoms with Crippen LogP contribution in [0.3, 0.4) is 0 Å². The number of halogens is 1. The molecule has 18 heavy (non-hydrogen) atoms. The van der Waals surface area contributed by atoms with Gasteiger partial charge in [0, 0.05) is 5.92 Å². The Morgan fingerprint density at radius 1 is 1.39 bits per heavy atom. The van der Waals surface area contributed by atoms with Crippen molar-refractivity contribution in [2.24, 2.45) is 0 Å². The number of hydrogen-bond donors (Lipinski definition) is 1. The van der Waals surface area contributed by atoms with Crippen LogP contribution in [0.15, 0.2) is 24.3 Å². The number of aromatic nitrogens is 3. The number of nitrogens with one attached hydrogen (secondary N) is 1. The molecule has 1 aliphatic carbocycles. The highest BCUT2D eigenvalue weighted by molar-refractivity contribution is 7.71. The van der Waals surface area contributed by atoms with E-state index in [-0.39, 0.29) is 11.9 Å². The van der Waals surface area contributed by atoms with Crippen molar-refractivity contribution in [2.75, 3.05) is 0 Å². The third-order valence-electron chi connectivity index (χ3n) is 3.41. The maximum atomic E-state index is 12.9. The van der Waals surface area contributed by atoms with Crippen molar-refractivity contribution in [3.63, 3.8) is 0 Å². The topological polar surface area (TPSA) is 33.6 Å². The van der Waals surface area contributed by atoms with E-state index in [1.54, 1.807) is 12.1 Å². The zero-order valence-corrected chi connectivity index (χ0v) is 10.9. The van der Waals surface area contributed by atoms with Crippen molar-refractivity contribution in [1.82, 2.24) is 14.8 Å². The van der Waals surface area contributed by atoms with Crippen LogP contribution in [0.25, 0.3) is 0 Å². The smallest absolute Gasteiger partial charge is 0.195 e. The highest BCUT2D eigenvalue weighted by atomic mass is 32.1.